The first-order valence-electron chi connectivity index (χ1n) is 5.85. The molecule has 94 valence electrons. The molecule has 0 aromatic heterocycles. The largest absolute Gasteiger partial charge is 0.497 e. The smallest absolute Gasteiger partial charge is 0.119 e. The number of anilines is 1. The molecule has 1 N–H and O–H groups in total. The third-order valence-electron chi connectivity index (χ3n) is 2.84. The van der Waals surface area contributed by atoms with Crippen LogP contribution in [0, 0.1) is 0 Å². The Kier molecular flexibility index (Phi) is 4.11. The van der Waals surface area contributed by atoms with E-state index >= 15 is 0 Å². The molecule has 0 aliphatic rings. The number of methoxy groups -OCH3 is 1. The summed E-state index contributed by atoms with van der Waals surface area (Å²) < 4.78 is 5.13. The van der Waals surface area contributed by atoms with Gasteiger partial charge in [-0.3, -0.25) is 0 Å². The minimum Gasteiger partial charge on any atom is -0.497 e. The Morgan fingerprint density at radius 1 is 1.06 bits per heavy atom. The number of hydrogen-bond donors (Lipinski definition) is 1. The van der Waals surface area contributed by atoms with Crippen molar-refractivity contribution in [1.29, 1.82) is 0 Å². The molecule has 2 nitrogen and oxygen atoms in total. The van der Waals surface area contributed by atoms with Gasteiger partial charge < -0.3 is 10.1 Å². The summed E-state index contributed by atoms with van der Waals surface area (Å²) in [5.41, 5.74) is 2.14. The van der Waals surface area contributed by atoms with Crippen LogP contribution in [-0.2, 0) is 0 Å². The fourth-order valence-corrected chi connectivity index (χ4v) is 2.14. The lowest BCUT2D eigenvalue weighted by Gasteiger charge is -2.17. The van der Waals surface area contributed by atoms with Gasteiger partial charge in [0.1, 0.15) is 5.75 Å². The molecule has 0 aliphatic carbocycles. The average molecular weight is 262 g/mol. The van der Waals surface area contributed by atoms with E-state index in [1.54, 1.807) is 7.11 Å². The third-order valence-corrected chi connectivity index (χ3v) is 3.19. The van der Waals surface area contributed by atoms with E-state index in [-0.39, 0.29) is 6.04 Å². The number of nitrogens with one attached hydrogen (secondary N) is 1. The first-order chi connectivity index (χ1) is 8.70. The second-order valence-electron chi connectivity index (χ2n) is 4.12. The third kappa shape index (κ3) is 2.96. The van der Waals surface area contributed by atoms with Crippen molar-refractivity contribution >= 4 is 17.3 Å². The van der Waals surface area contributed by atoms with Crippen LogP contribution in [0.4, 0.5) is 5.69 Å². The molecular weight excluding hydrogens is 246 g/mol. The maximum absolute atomic E-state index is 6.17. The molecule has 2 rings (SSSR count). The van der Waals surface area contributed by atoms with Crippen LogP contribution in [0.25, 0.3) is 0 Å². The summed E-state index contributed by atoms with van der Waals surface area (Å²) in [4.78, 5) is 0. The van der Waals surface area contributed by atoms with Crippen LogP contribution < -0.4 is 10.1 Å². The molecule has 2 aromatic rings. The Hall–Kier alpha value is -1.67. The van der Waals surface area contributed by atoms with Gasteiger partial charge in [-0.05, 0) is 42.8 Å². The lowest BCUT2D eigenvalue weighted by molar-refractivity contribution is 0.415. The summed E-state index contributed by atoms with van der Waals surface area (Å²) >= 11 is 6.17. The number of ether oxygens (including phenoxy) is 1. The summed E-state index contributed by atoms with van der Waals surface area (Å²) in [5, 5.41) is 4.19. The van der Waals surface area contributed by atoms with Gasteiger partial charge in [-0.15, -0.1) is 0 Å². The molecule has 0 heterocycles. The summed E-state index contributed by atoms with van der Waals surface area (Å²) in [7, 11) is 1.66. The maximum atomic E-state index is 6.17. The Morgan fingerprint density at radius 3 is 2.33 bits per heavy atom. The fraction of sp³-hybridized carbons (Fsp3) is 0.200. The molecular formula is C15H16ClNO. The van der Waals surface area contributed by atoms with E-state index in [2.05, 4.69) is 12.2 Å². The highest BCUT2D eigenvalue weighted by molar-refractivity contribution is 6.31. The number of rotatable bonds is 4. The van der Waals surface area contributed by atoms with E-state index in [4.69, 9.17) is 16.3 Å². The second kappa shape index (κ2) is 5.78. The summed E-state index contributed by atoms with van der Waals surface area (Å²) in [5.74, 6) is 0.853. The molecule has 0 aliphatic heterocycles. The van der Waals surface area contributed by atoms with Crippen LogP contribution in [-0.4, -0.2) is 7.11 Å². The van der Waals surface area contributed by atoms with Crippen LogP contribution in [0.5, 0.6) is 5.75 Å². The zero-order valence-electron chi connectivity index (χ0n) is 10.5. The average Bonchev–Trinajstić information content (AvgIpc) is 2.40. The van der Waals surface area contributed by atoms with E-state index in [0.717, 1.165) is 22.0 Å². The van der Waals surface area contributed by atoms with Crippen LogP contribution in [0.3, 0.4) is 0 Å². The molecule has 0 spiro atoms. The summed E-state index contributed by atoms with van der Waals surface area (Å²) in [6, 6.07) is 15.9. The Bertz CT molecular complexity index is 510. The lowest BCUT2D eigenvalue weighted by atomic mass is 10.1. The molecule has 0 bridgehead atoms. The standard InChI is InChI=1S/C15H16ClNO/c1-11(14-5-3-4-6-15(14)16)17-12-7-9-13(18-2)10-8-12/h3-11,17H,1-2H3/t11-/m0/s1. The molecule has 0 unspecified atom stereocenters. The zero-order valence-corrected chi connectivity index (χ0v) is 11.2. The van der Waals surface area contributed by atoms with Gasteiger partial charge in [0.05, 0.1) is 7.11 Å². The number of hydrogen-bond acceptors (Lipinski definition) is 2. The van der Waals surface area contributed by atoms with E-state index in [1.807, 2.05) is 48.5 Å². The van der Waals surface area contributed by atoms with Gasteiger partial charge >= 0.3 is 0 Å². The molecule has 0 saturated carbocycles. The highest BCUT2D eigenvalue weighted by Gasteiger charge is 2.08. The molecule has 1 atom stereocenters. The van der Waals surface area contributed by atoms with Gasteiger partial charge in [-0.1, -0.05) is 29.8 Å². The van der Waals surface area contributed by atoms with Crippen molar-refractivity contribution in [2.75, 3.05) is 12.4 Å². The SMILES string of the molecule is COc1ccc(N[C@@H](C)c2ccccc2Cl)cc1. The molecule has 0 amide bonds. The van der Waals surface area contributed by atoms with E-state index in [9.17, 15) is 0 Å². The van der Waals surface area contributed by atoms with Crippen LogP contribution >= 0.6 is 11.6 Å². The molecule has 0 radical (unpaired) electrons. The molecule has 0 fully saturated rings. The normalized spacial score (nSPS) is 11.9. The highest BCUT2D eigenvalue weighted by Crippen LogP contribution is 2.26. The van der Waals surface area contributed by atoms with E-state index < -0.39 is 0 Å². The van der Waals surface area contributed by atoms with Gasteiger partial charge in [0.2, 0.25) is 0 Å². The monoisotopic (exact) mass is 261 g/mol. The van der Waals surface area contributed by atoms with Crippen molar-refractivity contribution in [2.24, 2.45) is 0 Å². The first kappa shape index (κ1) is 12.8. The highest BCUT2D eigenvalue weighted by atomic mass is 35.5. The lowest BCUT2D eigenvalue weighted by Crippen LogP contribution is -2.06. The Labute approximate surface area is 113 Å². The maximum Gasteiger partial charge on any atom is 0.119 e. The fourth-order valence-electron chi connectivity index (χ4n) is 1.84. The van der Waals surface area contributed by atoms with Crippen LogP contribution in [0.1, 0.15) is 18.5 Å². The van der Waals surface area contributed by atoms with Crippen molar-refractivity contribution in [3.63, 3.8) is 0 Å². The zero-order chi connectivity index (χ0) is 13.0. The van der Waals surface area contributed by atoms with Crippen LogP contribution in [0.15, 0.2) is 48.5 Å². The quantitative estimate of drug-likeness (QED) is 0.874. The Balaban J connectivity index is 2.11. The summed E-state index contributed by atoms with van der Waals surface area (Å²) in [6.07, 6.45) is 0. The van der Waals surface area contributed by atoms with E-state index in [1.165, 1.54) is 0 Å². The van der Waals surface area contributed by atoms with Gasteiger partial charge in [0, 0.05) is 16.8 Å². The van der Waals surface area contributed by atoms with Gasteiger partial charge in [-0.25, -0.2) is 0 Å². The van der Waals surface area contributed by atoms with Crippen molar-refractivity contribution in [3.05, 3.63) is 59.1 Å². The van der Waals surface area contributed by atoms with Crippen molar-refractivity contribution < 1.29 is 4.74 Å². The molecule has 2 aromatic carbocycles. The Morgan fingerprint density at radius 2 is 1.72 bits per heavy atom. The van der Waals surface area contributed by atoms with Crippen molar-refractivity contribution in [3.8, 4) is 5.75 Å². The first-order valence-corrected chi connectivity index (χ1v) is 6.23. The van der Waals surface area contributed by atoms with Crippen molar-refractivity contribution in [2.45, 2.75) is 13.0 Å². The topological polar surface area (TPSA) is 21.3 Å². The molecule has 0 saturated heterocycles. The molecule has 3 heteroatoms. The van der Waals surface area contributed by atoms with Gasteiger partial charge in [0.25, 0.3) is 0 Å². The van der Waals surface area contributed by atoms with Crippen LogP contribution in [0.2, 0.25) is 5.02 Å². The predicted molar refractivity (Wildman–Crippen MR) is 76.5 cm³/mol. The predicted octanol–water partition coefficient (Wildman–Crippen LogP) is 4.52. The number of benzene rings is 2. The molecule has 18 heavy (non-hydrogen) atoms. The van der Waals surface area contributed by atoms with Gasteiger partial charge in [0.15, 0.2) is 0 Å². The second-order valence-corrected chi connectivity index (χ2v) is 4.52. The van der Waals surface area contributed by atoms with Gasteiger partial charge in [-0.2, -0.15) is 0 Å². The summed E-state index contributed by atoms with van der Waals surface area (Å²) in [6.45, 7) is 2.09. The van der Waals surface area contributed by atoms with Crippen molar-refractivity contribution in [1.82, 2.24) is 0 Å². The van der Waals surface area contributed by atoms with E-state index in [0.29, 0.717) is 0 Å². The minimum absolute atomic E-state index is 0.159. The minimum atomic E-state index is 0.159. The number of halogens is 1.